The lowest BCUT2D eigenvalue weighted by molar-refractivity contribution is 0.629. The molecule has 0 saturated heterocycles. The van der Waals surface area contributed by atoms with E-state index in [1.807, 2.05) is 25.1 Å². The van der Waals surface area contributed by atoms with Crippen molar-refractivity contribution in [1.29, 1.82) is 5.26 Å². The Morgan fingerprint density at radius 3 is 2.65 bits per heavy atom. The molecule has 1 N–H and O–H groups in total. The largest absolute Gasteiger partial charge is 0.337 e. The summed E-state index contributed by atoms with van der Waals surface area (Å²) in [5.74, 6) is 0.0859. The maximum atomic E-state index is 13.5. The van der Waals surface area contributed by atoms with Gasteiger partial charge in [-0.3, -0.25) is 0 Å². The van der Waals surface area contributed by atoms with E-state index in [-0.39, 0.29) is 5.82 Å². The minimum atomic E-state index is -0.343. The Balaban J connectivity index is 1.59. The summed E-state index contributed by atoms with van der Waals surface area (Å²) in [4.78, 5) is 7.50. The quantitative estimate of drug-likeness (QED) is 0.356. The standard InChI is InChI=1S/C26H19FN4/c1-16-11-20(12-21(15-28)26-29-24-10-8-22(27)14-25(24)30-26)17(2)31(16)23-9-7-18-5-3-4-6-19(18)13-23/h3-14H,1-2H3,(H,29,30)/b21-12-. The third kappa shape index (κ3) is 3.28. The van der Waals surface area contributed by atoms with E-state index in [1.54, 1.807) is 6.07 Å². The van der Waals surface area contributed by atoms with Crippen LogP contribution in [0.1, 0.15) is 22.8 Å². The van der Waals surface area contributed by atoms with E-state index in [4.69, 9.17) is 0 Å². The van der Waals surface area contributed by atoms with Gasteiger partial charge >= 0.3 is 0 Å². The van der Waals surface area contributed by atoms with E-state index in [1.165, 1.54) is 22.9 Å². The highest BCUT2D eigenvalue weighted by molar-refractivity contribution is 5.91. The molecule has 0 radical (unpaired) electrons. The normalized spacial score (nSPS) is 11.9. The fraction of sp³-hybridized carbons (Fsp3) is 0.0769. The first-order chi connectivity index (χ1) is 15.0. The topological polar surface area (TPSA) is 57.4 Å². The molecule has 4 nitrogen and oxygen atoms in total. The van der Waals surface area contributed by atoms with E-state index in [2.05, 4.69) is 63.9 Å². The van der Waals surface area contributed by atoms with Crippen LogP contribution in [0, 0.1) is 31.0 Å². The Labute approximate surface area is 178 Å². The molecule has 0 aliphatic heterocycles. The van der Waals surface area contributed by atoms with E-state index in [0.29, 0.717) is 22.4 Å². The number of aryl methyl sites for hydroxylation is 1. The van der Waals surface area contributed by atoms with Crippen LogP contribution in [-0.4, -0.2) is 14.5 Å². The summed E-state index contributed by atoms with van der Waals surface area (Å²) >= 11 is 0. The van der Waals surface area contributed by atoms with Crippen LogP contribution in [-0.2, 0) is 0 Å². The van der Waals surface area contributed by atoms with Crippen LogP contribution in [0.4, 0.5) is 4.39 Å². The number of imidazole rings is 1. The highest BCUT2D eigenvalue weighted by atomic mass is 19.1. The lowest BCUT2D eigenvalue weighted by Gasteiger charge is -2.11. The lowest BCUT2D eigenvalue weighted by Crippen LogP contribution is -1.99. The van der Waals surface area contributed by atoms with E-state index < -0.39 is 0 Å². The van der Waals surface area contributed by atoms with Gasteiger partial charge in [0.25, 0.3) is 0 Å². The third-order valence-electron chi connectivity index (χ3n) is 5.58. The Bertz CT molecular complexity index is 1530. The van der Waals surface area contributed by atoms with Gasteiger partial charge in [-0.2, -0.15) is 5.26 Å². The third-order valence-corrected chi connectivity index (χ3v) is 5.58. The number of hydrogen-bond acceptors (Lipinski definition) is 2. The molecule has 0 unspecified atom stereocenters. The Morgan fingerprint density at radius 2 is 1.84 bits per heavy atom. The maximum Gasteiger partial charge on any atom is 0.149 e. The predicted molar refractivity (Wildman–Crippen MR) is 122 cm³/mol. The lowest BCUT2D eigenvalue weighted by atomic mass is 10.1. The zero-order valence-electron chi connectivity index (χ0n) is 17.1. The van der Waals surface area contributed by atoms with Gasteiger partial charge in [-0.1, -0.05) is 30.3 Å². The van der Waals surface area contributed by atoms with Crippen molar-refractivity contribution in [2.75, 3.05) is 0 Å². The van der Waals surface area contributed by atoms with Gasteiger partial charge in [0.05, 0.1) is 16.6 Å². The molecule has 3 aromatic carbocycles. The summed E-state index contributed by atoms with van der Waals surface area (Å²) in [6.45, 7) is 4.09. The fourth-order valence-corrected chi connectivity index (χ4v) is 4.07. The van der Waals surface area contributed by atoms with Crippen LogP contribution in [0.2, 0.25) is 0 Å². The fourth-order valence-electron chi connectivity index (χ4n) is 4.07. The molecule has 0 fully saturated rings. The smallest absolute Gasteiger partial charge is 0.149 e. The van der Waals surface area contributed by atoms with Gasteiger partial charge < -0.3 is 9.55 Å². The Hall–Kier alpha value is -4.17. The number of nitriles is 1. The highest BCUT2D eigenvalue weighted by Gasteiger charge is 2.13. The molecule has 2 aromatic heterocycles. The summed E-state index contributed by atoms with van der Waals surface area (Å²) in [7, 11) is 0. The summed E-state index contributed by atoms with van der Waals surface area (Å²) in [5, 5.41) is 12.1. The average molecular weight is 406 g/mol. The van der Waals surface area contributed by atoms with Gasteiger partial charge in [0.2, 0.25) is 0 Å². The van der Waals surface area contributed by atoms with Crippen molar-refractivity contribution in [3.8, 4) is 11.8 Å². The molecule has 0 amide bonds. The Morgan fingerprint density at radius 1 is 1.03 bits per heavy atom. The molecule has 5 aromatic rings. The number of H-pyrrole nitrogens is 1. The van der Waals surface area contributed by atoms with Gasteiger partial charge in [-0.15, -0.1) is 0 Å². The van der Waals surface area contributed by atoms with Crippen LogP contribution in [0.5, 0.6) is 0 Å². The molecule has 0 aliphatic carbocycles. The van der Waals surface area contributed by atoms with Crippen LogP contribution in [0.25, 0.3) is 39.1 Å². The molecule has 0 aliphatic rings. The van der Waals surface area contributed by atoms with Crippen molar-refractivity contribution < 1.29 is 4.39 Å². The molecule has 0 saturated carbocycles. The first-order valence-corrected chi connectivity index (χ1v) is 9.99. The molecule has 5 heteroatoms. The van der Waals surface area contributed by atoms with E-state index >= 15 is 0 Å². The number of fused-ring (bicyclic) bond motifs is 2. The first kappa shape index (κ1) is 18.8. The van der Waals surface area contributed by atoms with Crippen LogP contribution < -0.4 is 0 Å². The minimum Gasteiger partial charge on any atom is -0.337 e. The average Bonchev–Trinajstić information content (AvgIpc) is 3.31. The number of nitrogens with one attached hydrogen (secondary N) is 1. The number of halogens is 1. The number of rotatable bonds is 3. The molecule has 31 heavy (non-hydrogen) atoms. The molecule has 0 atom stereocenters. The van der Waals surface area contributed by atoms with E-state index in [9.17, 15) is 9.65 Å². The number of allylic oxidation sites excluding steroid dienone is 1. The zero-order valence-corrected chi connectivity index (χ0v) is 17.1. The van der Waals surface area contributed by atoms with Crippen LogP contribution >= 0.6 is 0 Å². The second-order valence-electron chi connectivity index (χ2n) is 7.61. The van der Waals surface area contributed by atoms with Gasteiger partial charge in [-0.25, -0.2) is 9.37 Å². The summed E-state index contributed by atoms with van der Waals surface area (Å²) in [5.41, 5.74) is 5.71. The molecule has 150 valence electrons. The monoisotopic (exact) mass is 406 g/mol. The predicted octanol–water partition coefficient (Wildman–Crippen LogP) is 6.33. The summed E-state index contributed by atoms with van der Waals surface area (Å²) in [6, 6.07) is 23.3. The van der Waals surface area contributed by atoms with E-state index in [0.717, 1.165) is 22.6 Å². The van der Waals surface area contributed by atoms with Gasteiger partial charge in [0.1, 0.15) is 17.7 Å². The van der Waals surface area contributed by atoms with Crippen molar-refractivity contribution >= 4 is 33.5 Å². The molecule has 0 bridgehead atoms. The zero-order chi connectivity index (χ0) is 21.5. The van der Waals surface area contributed by atoms with Crippen molar-refractivity contribution in [1.82, 2.24) is 14.5 Å². The molecular weight excluding hydrogens is 387 g/mol. The first-order valence-electron chi connectivity index (χ1n) is 9.99. The summed E-state index contributed by atoms with van der Waals surface area (Å²) < 4.78 is 15.7. The number of aromatic nitrogens is 3. The molecular formula is C26H19FN4. The van der Waals surface area contributed by atoms with Crippen LogP contribution in [0.3, 0.4) is 0 Å². The highest BCUT2D eigenvalue weighted by Crippen LogP contribution is 2.27. The van der Waals surface area contributed by atoms with Gasteiger partial charge in [0.15, 0.2) is 0 Å². The van der Waals surface area contributed by atoms with Crippen molar-refractivity contribution in [3.63, 3.8) is 0 Å². The molecule has 0 spiro atoms. The maximum absolute atomic E-state index is 13.5. The van der Waals surface area contributed by atoms with Crippen molar-refractivity contribution in [2.24, 2.45) is 0 Å². The second kappa shape index (κ2) is 7.26. The number of hydrogen-bond donors (Lipinski definition) is 1. The van der Waals surface area contributed by atoms with Gasteiger partial charge in [-0.05, 0) is 72.7 Å². The van der Waals surface area contributed by atoms with Crippen molar-refractivity contribution in [3.05, 3.63) is 95.3 Å². The minimum absolute atomic E-state index is 0.343. The number of nitrogens with zero attached hydrogens (tertiary/aromatic N) is 3. The molecule has 5 rings (SSSR count). The number of aromatic amines is 1. The molecule has 2 heterocycles. The SMILES string of the molecule is Cc1cc(/C=C(/C#N)c2nc3ccc(F)cc3[nH]2)c(C)n1-c1ccc2ccccc2c1. The number of benzene rings is 3. The van der Waals surface area contributed by atoms with Gasteiger partial charge in [0, 0.05) is 17.1 Å². The van der Waals surface area contributed by atoms with Crippen molar-refractivity contribution in [2.45, 2.75) is 13.8 Å². The second-order valence-corrected chi connectivity index (χ2v) is 7.61. The summed E-state index contributed by atoms with van der Waals surface area (Å²) in [6.07, 6.45) is 1.83. The van der Waals surface area contributed by atoms with Crippen LogP contribution in [0.15, 0.2) is 66.7 Å². The Kier molecular flexibility index (Phi) is 4.41.